The van der Waals surface area contributed by atoms with Crippen LogP contribution in [-0.2, 0) is 15.9 Å². The van der Waals surface area contributed by atoms with E-state index in [9.17, 15) is 0 Å². The van der Waals surface area contributed by atoms with E-state index in [0.29, 0.717) is 0 Å². The minimum absolute atomic E-state index is 0. The molecule has 0 radical (unpaired) electrons. The first-order valence-corrected chi connectivity index (χ1v) is 8.49. The maximum atomic E-state index is 5.68. The van der Waals surface area contributed by atoms with E-state index in [1.807, 2.05) is 6.07 Å². The van der Waals surface area contributed by atoms with Crippen molar-refractivity contribution in [3.05, 3.63) is 35.9 Å². The van der Waals surface area contributed by atoms with Gasteiger partial charge in [0.25, 0.3) is 0 Å². The van der Waals surface area contributed by atoms with Crippen molar-refractivity contribution in [2.45, 2.75) is 26.2 Å². The summed E-state index contributed by atoms with van der Waals surface area (Å²) in [6.07, 6.45) is 2.88. The molecular weight excluding hydrogens is 417 g/mol. The largest absolute Gasteiger partial charge is 0.385 e. The van der Waals surface area contributed by atoms with Crippen LogP contribution in [0, 0.1) is 0 Å². The number of benzene rings is 1. The number of nitrogens with one attached hydrogen (secondary N) is 2. The normalized spacial score (nSPS) is 11.0. The first kappa shape index (κ1) is 23.1. The van der Waals surface area contributed by atoms with Crippen molar-refractivity contribution in [3.63, 3.8) is 0 Å². The highest BCUT2D eigenvalue weighted by Gasteiger charge is 1.97. The predicted molar refractivity (Wildman–Crippen MR) is 111 cm³/mol. The molecule has 138 valence electrons. The van der Waals surface area contributed by atoms with Crippen LogP contribution < -0.4 is 10.6 Å². The van der Waals surface area contributed by atoms with Gasteiger partial charge in [0.15, 0.2) is 5.96 Å². The van der Waals surface area contributed by atoms with Crippen molar-refractivity contribution in [3.8, 4) is 0 Å². The van der Waals surface area contributed by atoms with Crippen LogP contribution in [-0.4, -0.2) is 52.5 Å². The van der Waals surface area contributed by atoms with E-state index in [4.69, 9.17) is 9.47 Å². The zero-order chi connectivity index (χ0) is 16.6. The summed E-state index contributed by atoms with van der Waals surface area (Å²) in [5, 5.41) is 6.56. The van der Waals surface area contributed by atoms with Crippen LogP contribution in [0.5, 0.6) is 0 Å². The van der Waals surface area contributed by atoms with Crippen LogP contribution in [0.1, 0.15) is 25.3 Å². The Bertz CT molecular complexity index is 416. The summed E-state index contributed by atoms with van der Waals surface area (Å²) >= 11 is 0. The van der Waals surface area contributed by atoms with Crippen molar-refractivity contribution in [1.82, 2.24) is 10.6 Å². The van der Waals surface area contributed by atoms with Crippen molar-refractivity contribution < 1.29 is 9.47 Å². The molecule has 1 aromatic rings. The standard InChI is InChI=1S/C18H31N3O2.HI/c1-3-19-18(20-12-7-14-22-2)21-13-8-15-23-16-11-17-9-5-4-6-10-17;/h4-6,9-10H,3,7-8,11-16H2,1-2H3,(H2,19,20,21);1H. The lowest BCUT2D eigenvalue weighted by Crippen LogP contribution is -2.38. The van der Waals surface area contributed by atoms with Gasteiger partial charge in [0.2, 0.25) is 0 Å². The minimum atomic E-state index is 0. The zero-order valence-corrected chi connectivity index (χ0v) is 17.3. The molecular formula is C18H32IN3O2. The van der Waals surface area contributed by atoms with E-state index in [1.54, 1.807) is 7.11 Å². The molecule has 0 aromatic heterocycles. The van der Waals surface area contributed by atoms with Gasteiger partial charge in [-0.3, -0.25) is 4.99 Å². The van der Waals surface area contributed by atoms with E-state index in [-0.39, 0.29) is 24.0 Å². The van der Waals surface area contributed by atoms with Gasteiger partial charge in [0, 0.05) is 40.0 Å². The Kier molecular flexibility index (Phi) is 16.4. The maximum Gasteiger partial charge on any atom is 0.191 e. The molecule has 0 heterocycles. The maximum absolute atomic E-state index is 5.68. The fourth-order valence-corrected chi connectivity index (χ4v) is 2.06. The molecule has 0 bridgehead atoms. The first-order valence-electron chi connectivity index (χ1n) is 8.49. The third-order valence-electron chi connectivity index (χ3n) is 3.26. The van der Waals surface area contributed by atoms with Crippen molar-refractivity contribution in [2.75, 3.05) is 46.6 Å². The molecule has 1 aromatic carbocycles. The summed E-state index contributed by atoms with van der Waals surface area (Å²) in [5.41, 5.74) is 1.32. The molecule has 2 N–H and O–H groups in total. The molecule has 24 heavy (non-hydrogen) atoms. The second-order valence-electron chi connectivity index (χ2n) is 5.24. The molecule has 1 rings (SSSR count). The van der Waals surface area contributed by atoms with Crippen LogP contribution in [0.25, 0.3) is 0 Å². The molecule has 6 heteroatoms. The number of ether oxygens (including phenoxy) is 2. The molecule has 0 aliphatic carbocycles. The summed E-state index contributed by atoms with van der Waals surface area (Å²) in [5.74, 6) is 0.868. The second-order valence-corrected chi connectivity index (χ2v) is 5.24. The van der Waals surface area contributed by atoms with Gasteiger partial charge >= 0.3 is 0 Å². The molecule has 0 saturated heterocycles. The third-order valence-corrected chi connectivity index (χ3v) is 3.26. The predicted octanol–water partition coefficient (Wildman–Crippen LogP) is 2.85. The number of nitrogens with zero attached hydrogens (tertiary/aromatic N) is 1. The average Bonchev–Trinajstić information content (AvgIpc) is 2.58. The topological polar surface area (TPSA) is 54.9 Å². The highest BCUT2D eigenvalue weighted by molar-refractivity contribution is 14.0. The summed E-state index contributed by atoms with van der Waals surface area (Å²) in [6, 6.07) is 10.4. The Morgan fingerprint density at radius 3 is 2.54 bits per heavy atom. The summed E-state index contributed by atoms with van der Waals surface area (Å²) in [7, 11) is 1.71. The monoisotopic (exact) mass is 449 g/mol. The average molecular weight is 449 g/mol. The minimum Gasteiger partial charge on any atom is -0.385 e. The molecule has 5 nitrogen and oxygen atoms in total. The van der Waals surface area contributed by atoms with Crippen molar-refractivity contribution in [1.29, 1.82) is 0 Å². The first-order chi connectivity index (χ1) is 11.4. The van der Waals surface area contributed by atoms with Crippen LogP contribution in [0.15, 0.2) is 35.3 Å². The summed E-state index contributed by atoms with van der Waals surface area (Å²) < 4.78 is 10.7. The number of guanidine groups is 1. The molecule has 0 aliphatic rings. The molecule has 0 amide bonds. The molecule has 0 aliphatic heterocycles. The zero-order valence-electron chi connectivity index (χ0n) is 14.9. The fourth-order valence-electron chi connectivity index (χ4n) is 2.06. The van der Waals surface area contributed by atoms with E-state index >= 15 is 0 Å². The second kappa shape index (κ2) is 17.0. The van der Waals surface area contributed by atoms with E-state index < -0.39 is 0 Å². The molecule has 0 unspecified atom stereocenters. The fraction of sp³-hybridized carbons (Fsp3) is 0.611. The van der Waals surface area contributed by atoms with Gasteiger partial charge in [0.1, 0.15) is 0 Å². The van der Waals surface area contributed by atoms with Gasteiger partial charge in [-0.2, -0.15) is 0 Å². The van der Waals surface area contributed by atoms with E-state index in [2.05, 4.69) is 46.8 Å². The third kappa shape index (κ3) is 12.5. The lowest BCUT2D eigenvalue weighted by atomic mass is 10.2. The van der Waals surface area contributed by atoms with Gasteiger partial charge in [-0.25, -0.2) is 0 Å². The van der Waals surface area contributed by atoms with Crippen molar-refractivity contribution >= 4 is 29.9 Å². The molecule has 0 atom stereocenters. The Morgan fingerprint density at radius 2 is 1.83 bits per heavy atom. The van der Waals surface area contributed by atoms with Gasteiger partial charge in [0.05, 0.1) is 6.61 Å². The number of methoxy groups -OCH3 is 1. The lowest BCUT2D eigenvalue weighted by Gasteiger charge is -2.11. The van der Waals surface area contributed by atoms with Gasteiger partial charge in [-0.1, -0.05) is 30.3 Å². The Labute approximate surface area is 163 Å². The number of hydrogen-bond donors (Lipinski definition) is 2. The Balaban J connectivity index is 0.00000529. The lowest BCUT2D eigenvalue weighted by molar-refractivity contribution is 0.135. The highest BCUT2D eigenvalue weighted by Crippen LogP contribution is 1.99. The number of hydrogen-bond acceptors (Lipinski definition) is 3. The smallest absolute Gasteiger partial charge is 0.191 e. The van der Waals surface area contributed by atoms with Gasteiger partial charge in [-0.15, -0.1) is 24.0 Å². The molecule has 0 saturated carbocycles. The number of aliphatic imine (C=N–C) groups is 1. The quantitative estimate of drug-likeness (QED) is 0.223. The van der Waals surface area contributed by atoms with Crippen LogP contribution >= 0.6 is 24.0 Å². The van der Waals surface area contributed by atoms with Crippen LogP contribution in [0.3, 0.4) is 0 Å². The van der Waals surface area contributed by atoms with Crippen molar-refractivity contribution in [2.24, 2.45) is 4.99 Å². The summed E-state index contributed by atoms with van der Waals surface area (Å²) in [4.78, 5) is 4.50. The van der Waals surface area contributed by atoms with Gasteiger partial charge in [-0.05, 0) is 31.7 Å². The highest BCUT2D eigenvalue weighted by atomic mass is 127. The Morgan fingerprint density at radius 1 is 1.04 bits per heavy atom. The van der Waals surface area contributed by atoms with Crippen LogP contribution in [0.4, 0.5) is 0 Å². The Hall–Kier alpha value is -0.860. The molecule has 0 fully saturated rings. The SMILES string of the molecule is CCNC(=NCCCOC)NCCCOCCc1ccccc1.I. The van der Waals surface area contributed by atoms with Crippen LogP contribution in [0.2, 0.25) is 0 Å². The number of halogens is 1. The van der Waals surface area contributed by atoms with E-state index in [1.165, 1.54) is 5.56 Å². The van der Waals surface area contributed by atoms with Gasteiger partial charge < -0.3 is 20.1 Å². The molecule has 0 spiro atoms. The summed E-state index contributed by atoms with van der Waals surface area (Å²) in [6.45, 7) is 6.86. The number of rotatable bonds is 12. The van der Waals surface area contributed by atoms with E-state index in [0.717, 1.165) is 64.7 Å².